The molecule has 0 saturated heterocycles. The molecule has 110 valence electrons. The molecule has 0 spiro atoms. The van der Waals surface area contributed by atoms with Gasteiger partial charge in [-0.3, -0.25) is 9.59 Å². The summed E-state index contributed by atoms with van der Waals surface area (Å²) in [7, 11) is 0. The first kappa shape index (κ1) is 16.5. The summed E-state index contributed by atoms with van der Waals surface area (Å²) in [5.41, 5.74) is 0.201. The Hall–Kier alpha value is -1.55. The minimum atomic E-state index is -0.266. The van der Waals surface area contributed by atoms with E-state index in [4.69, 9.17) is 11.6 Å². The second-order valence-corrected chi connectivity index (χ2v) is 5.68. The molecule has 0 aliphatic heterocycles. The Kier molecular flexibility index (Phi) is 6.02. The van der Waals surface area contributed by atoms with Gasteiger partial charge in [-0.25, -0.2) is 0 Å². The fraction of sp³-hybridized carbons (Fsp3) is 0.467. The highest BCUT2D eigenvalue weighted by Gasteiger charge is 2.17. The number of hydrogen-bond acceptors (Lipinski definition) is 2. The van der Waals surface area contributed by atoms with Crippen molar-refractivity contribution in [1.29, 1.82) is 0 Å². The first-order chi connectivity index (χ1) is 9.35. The molecule has 0 heterocycles. The Balaban J connectivity index is 2.40. The van der Waals surface area contributed by atoms with Gasteiger partial charge in [0.05, 0.1) is 10.6 Å². The van der Waals surface area contributed by atoms with Crippen LogP contribution in [-0.2, 0) is 4.79 Å². The van der Waals surface area contributed by atoms with E-state index in [0.717, 1.165) is 6.42 Å². The van der Waals surface area contributed by atoms with E-state index in [1.807, 2.05) is 20.8 Å². The first-order valence-corrected chi connectivity index (χ1v) is 7.07. The predicted molar refractivity (Wildman–Crippen MR) is 80.9 cm³/mol. The molecule has 0 saturated carbocycles. The Bertz CT molecular complexity index is 487. The number of nitrogens with one attached hydrogen (secondary N) is 2. The van der Waals surface area contributed by atoms with Crippen molar-refractivity contribution in [2.24, 2.45) is 0 Å². The fourth-order valence-corrected chi connectivity index (χ4v) is 1.78. The molecule has 20 heavy (non-hydrogen) atoms. The van der Waals surface area contributed by atoms with Gasteiger partial charge < -0.3 is 10.6 Å². The molecule has 0 fully saturated rings. The number of carbonyl (C=O) groups is 2. The van der Waals surface area contributed by atoms with Crippen LogP contribution >= 0.6 is 11.6 Å². The molecule has 0 unspecified atom stereocenters. The SMILES string of the molecule is CCC(C)(C)NC(=O)CCNC(=O)c1ccccc1Cl. The summed E-state index contributed by atoms with van der Waals surface area (Å²) in [6, 6.07) is 6.82. The molecule has 4 nitrogen and oxygen atoms in total. The molecule has 1 rings (SSSR count). The number of amides is 2. The zero-order valence-electron chi connectivity index (χ0n) is 12.1. The monoisotopic (exact) mass is 296 g/mol. The third kappa shape index (κ3) is 5.21. The van der Waals surface area contributed by atoms with Gasteiger partial charge in [-0.15, -0.1) is 0 Å². The van der Waals surface area contributed by atoms with Gasteiger partial charge in [-0.05, 0) is 32.4 Å². The van der Waals surface area contributed by atoms with Gasteiger partial charge in [0.1, 0.15) is 0 Å². The number of benzene rings is 1. The van der Waals surface area contributed by atoms with E-state index >= 15 is 0 Å². The minimum absolute atomic E-state index is 0.0729. The second-order valence-electron chi connectivity index (χ2n) is 5.27. The summed E-state index contributed by atoms with van der Waals surface area (Å²) < 4.78 is 0. The summed E-state index contributed by atoms with van der Waals surface area (Å²) >= 11 is 5.93. The van der Waals surface area contributed by atoms with Crippen LogP contribution in [0, 0.1) is 0 Å². The summed E-state index contributed by atoms with van der Waals surface area (Å²) in [4.78, 5) is 23.6. The lowest BCUT2D eigenvalue weighted by molar-refractivity contribution is -0.122. The van der Waals surface area contributed by atoms with E-state index in [2.05, 4.69) is 10.6 Å². The van der Waals surface area contributed by atoms with Crippen LogP contribution in [0.1, 0.15) is 44.0 Å². The van der Waals surface area contributed by atoms with Crippen molar-refractivity contribution in [1.82, 2.24) is 10.6 Å². The van der Waals surface area contributed by atoms with E-state index in [1.165, 1.54) is 0 Å². The van der Waals surface area contributed by atoms with Crippen LogP contribution in [0.15, 0.2) is 24.3 Å². The van der Waals surface area contributed by atoms with E-state index in [9.17, 15) is 9.59 Å². The van der Waals surface area contributed by atoms with Gasteiger partial charge in [0.25, 0.3) is 5.91 Å². The van der Waals surface area contributed by atoms with Crippen molar-refractivity contribution in [3.8, 4) is 0 Å². The van der Waals surface area contributed by atoms with Gasteiger partial charge in [0, 0.05) is 18.5 Å². The lowest BCUT2D eigenvalue weighted by atomic mass is 10.0. The standard InChI is InChI=1S/C15H21ClN2O2/c1-4-15(2,3)18-13(19)9-10-17-14(20)11-7-5-6-8-12(11)16/h5-8H,4,9-10H2,1-3H3,(H,17,20)(H,18,19). The van der Waals surface area contributed by atoms with Crippen molar-refractivity contribution in [2.45, 2.75) is 39.2 Å². The van der Waals surface area contributed by atoms with Gasteiger partial charge in [-0.2, -0.15) is 0 Å². The topological polar surface area (TPSA) is 58.2 Å². The van der Waals surface area contributed by atoms with Crippen molar-refractivity contribution >= 4 is 23.4 Å². The number of rotatable bonds is 6. The normalized spacial score (nSPS) is 11.0. The molecule has 2 N–H and O–H groups in total. The molecule has 1 aromatic rings. The maximum atomic E-state index is 11.9. The first-order valence-electron chi connectivity index (χ1n) is 6.69. The predicted octanol–water partition coefficient (Wildman–Crippen LogP) is 2.76. The van der Waals surface area contributed by atoms with Crippen molar-refractivity contribution in [3.05, 3.63) is 34.9 Å². The fourth-order valence-electron chi connectivity index (χ4n) is 1.56. The Morgan fingerprint density at radius 1 is 1.25 bits per heavy atom. The van der Waals surface area contributed by atoms with Gasteiger partial charge in [0.15, 0.2) is 0 Å². The molecule has 2 amide bonds. The third-order valence-electron chi connectivity index (χ3n) is 3.12. The molecule has 0 aliphatic rings. The van der Waals surface area contributed by atoms with E-state index < -0.39 is 0 Å². The Morgan fingerprint density at radius 2 is 1.90 bits per heavy atom. The van der Waals surface area contributed by atoms with Gasteiger partial charge in [-0.1, -0.05) is 30.7 Å². The highest BCUT2D eigenvalue weighted by molar-refractivity contribution is 6.33. The van der Waals surface area contributed by atoms with Crippen LogP contribution in [0.25, 0.3) is 0 Å². The maximum absolute atomic E-state index is 11.9. The third-order valence-corrected chi connectivity index (χ3v) is 3.45. The number of hydrogen-bond donors (Lipinski definition) is 2. The van der Waals surface area contributed by atoms with E-state index in [-0.39, 0.29) is 30.3 Å². The lowest BCUT2D eigenvalue weighted by Crippen LogP contribution is -2.43. The molecule has 1 aromatic carbocycles. The van der Waals surface area contributed by atoms with E-state index in [0.29, 0.717) is 10.6 Å². The lowest BCUT2D eigenvalue weighted by Gasteiger charge is -2.24. The summed E-state index contributed by atoms with van der Waals surface area (Å²) in [6.07, 6.45) is 1.10. The number of halogens is 1. The molecule has 0 aliphatic carbocycles. The van der Waals surface area contributed by atoms with Crippen molar-refractivity contribution in [2.75, 3.05) is 6.54 Å². The molecule has 0 radical (unpaired) electrons. The Morgan fingerprint density at radius 3 is 2.50 bits per heavy atom. The van der Waals surface area contributed by atoms with Crippen LogP contribution in [0.5, 0.6) is 0 Å². The summed E-state index contributed by atoms with van der Waals surface area (Å²) in [5, 5.41) is 6.01. The molecule has 0 bridgehead atoms. The zero-order valence-corrected chi connectivity index (χ0v) is 12.9. The molecular weight excluding hydrogens is 276 g/mol. The van der Waals surface area contributed by atoms with Crippen LogP contribution in [0.4, 0.5) is 0 Å². The minimum Gasteiger partial charge on any atom is -0.351 e. The molecule has 5 heteroatoms. The second kappa shape index (κ2) is 7.29. The van der Waals surface area contributed by atoms with Gasteiger partial charge in [0.2, 0.25) is 5.91 Å². The van der Waals surface area contributed by atoms with E-state index in [1.54, 1.807) is 24.3 Å². The number of carbonyl (C=O) groups excluding carboxylic acids is 2. The zero-order chi connectivity index (χ0) is 15.2. The average molecular weight is 297 g/mol. The molecule has 0 atom stereocenters. The van der Waals surface area contributed by atoms with Crippen LogP contribution in [0.2, 0.25) is 5.02 Å². The summed E-state index contributed by atoms with van der Waals surface area (Å²) in [5.74, 6) is -0.338. The quantitative estimate of drug-likeness (QED) is 0.848. The maximum Gasteiger partial charge on any atom is 0.252 e. The average Bonchev–Trinajstić information content (AvgIpc) is 2.38. The summed E-state index contributed by atoms with van der Waals surface area (Å²) in [6.45, 7) is 6.23. The van der Waals surface area contributed by atoms with Crippen LogP contribution in [0.3, 0.4) is 0 Å². The highest BCUT2D eigenvalue weighted by Crippen LogP contribution is 2.14. The van der Waals surface area contributed by atoms with Crippen LogP contribution < -0.4 is 10.6 Å². The Labute approximate surface area is 124 Å². The molecule has 0 aromatic heterocycles. The smallest absolute Gasteiger partial charge is 0.252 e. The highest BCUT2D eigenvalue weighted by atomic mass is 35.5. The van der Waals surface area contributed by atoms with Crippen molar-refractivity contribution < 1.29 is 9.59 Å². The van der Waals surface area contributed by atoms with Crippen LogP contribution in [-0.4, -0.2) is 23.9 Å². The molecular formula is C15H21ClN2O2. The van der Waals surface area contributed by atoms with Gasteiger partial charge >= 0.3 is 0 Å². The largest absolute Gasteiger partial charge is 0.351 e. The van der Waals surface area contributed by atoms with Crippen molar-refractivity contribution in [3.63, 3.8) is 0 Å².